The Morgan fingerprint density at radius 1 is 1.15 bits per heavy atom. The van der Waals surface area contributed by atoms with Crippen LogP contribution in [0.15, 0.2) is 48.5 Å². The molecule has 2 aliphatic rings. The van der Waals surface area contributed by atoms with Crippen molar-refractivity contribution in [3.8, 4) is 5.75 Å². The third-order valence-electron chi connectivity index (χ3n) is 4.91. The number of ether oxygens (including phenoxy) is 1. The SMILES string of the molecule is O=C(N[C@H]1CCOc2ccccc21)[C@@H]1CC(=O)N(c2ccccc2Cl)C1. The number of benzene rings is 2. The zero-order chi connectivity index (χ0) is 18.1. The van der Waals surface area contributed by atoms with E-state index in [1.165, 1.54) is 0 Å². The molecule has 0 aromatic heterocycles. The van der Waals surface area contributed by atoms with Crippen LogP contribution in [0.3, 0.4) is 0 Å². The lowest BCUT2D eigenvalue weighted by Gasteiger charge is -2.27. The minimum atomic E-state index is -0.381. The van der Waals surface area contributed by atoms with Crippen molar-refractivity contribution in [3.63, 3.8) is 0 Å². The van der Waals surface area contributed by atoms with Crippen LogP contribution < -0.4 is 15.0 Å². The Kier molecular flexibility index (Phi) is 4.55. The fraction of sp³-hybridized carbons (Fsp3) is 0.300. The van der Waals surface area contributed by atoms with E-state index < -0.39 is 0 Å². The number of rotatable bonds is 3. The highest BCUT2D eigenvalue weighted by molar-refractivity contribution is 6.33. The molecule has 1 fully saturated rings. The molecule has 0 radical (unpaired) electrons. The van der Waals surface area contributed by atoms with Crippen LogP contribution in [-0.2, 0) is 9.59 Å². The molecule has 2 atom stereocenters. The number of para-hydroxylation sites is 2. The number of hydrogen-bond acceptors (Lipinski definition) is 3. The predicted octanol–water partition coefficient (Wildman–Crippen LogP) is 3.33. The van der Waals surface area contributed by atoms with Crippen LogP contribution in [0.5, 0.6) is 5.75 Å². The van der Waals surface area contributed by atoms with E-state index >= 15 is 0 Å². The van der Waals surface area contributed by atoms with Crippen molar-refractivity contribution in [2.75, 3.05) is 18.1 Å². The van der Waals surface area contributed by atoms with Crippen LogP contribution in [-0.4, -0.2) is 25.0 Å². The molecule has 2 heterocycles. The zero-order valence-corrected chi connectivity index (χ0v) is 14.9. The topological polar surface area (TPSA) is 58.6 Å². The van der Waals surface area contributed by atoms with Gasteiger partial charge >= 0.3 is 0 Å². The van der Waals surface area contributed by atoms with Crippen LogP contribution in [0.4, 0.5) is 5.69 Å². The van der Waals surface area contributed by atoms with Crippen molar-refractivity contribution in [1.82, 2.24) is 5.32 Å². The molecule has 0 saturated carbocycles. The van der Waals surface area contributed by atoms with Gasteiger partial charge < -0.3 is 15.0 Å². The van der Waals surface area contributed by atoms with Gasteiger partial charge in [-0.05, 0) is 18.2 Å². The van der Waals surface area contributed by atoms with Crippen LogP contribution >= 0.6 is 11.6 Å². The number of hydrogen-bond donors (Lipinski definition) is 1. The van der Waals surface area contributed by atoms with Gasteiger partial charge in [0.05, 0.1) is 29.3 Å². The lowest BCUT2D eigenvalue weighted by Crippen LogP contribution is -2.37. The van der Waals surface area contributed by atoms with Gasteiger partial charge in [-0.1, -0.05) is 41.9 Å². The summed E-state index contributed by atoms with van der Waals surface area (Å²) in [4.78, 5) is 26.8. The molecule has 0 unspecified atom stereocenters. The summed E-state index contributed by atoms with van der Waals surface area (Å²) in [6.45, 7) is 0.913. The van der Waals surface area contributed by atoms with Gasteiger partial charge in [-0.15, -0.1) is 0 Å². The third kappa shape index (κ3) is 3.15. The van der Waals surface area contributed by atoms with Crippen molar-refractivity contribution in [3.05, 3.63) is 59.1 Å². The van der Waals surface area contributed by atoms with E-state index in [9.17, 15) is 9.59 Å². The summed E-state index contributed by atoms with van der Waals surface area (Å²) in [5.74, 6) is 0.248. The van der Waals surface area contributed by atoms with Crippen LogP contribution in [0.25, 0.3) is 0 Å². The maximum atomic E-state index is 12.8. The van der Waals surface area contributed by atoms with Crippen molar-refractivity contribution < 1.29 is 14.3 Å². The Hall–Kier alpha value is -2.53. The van der Waals surface area contributed by atoms with E-state index in [0.717, 1.165) is 17.7 Å². The number of carbonyl (C=O) groups is 2. The molecule has 1 N–H and O–H groups in total. The first-order valence-electron chi connectivity index (χ1n) is 8.70. The summed E-state index contributed by atoms with van der Waals surface area (Å²) in [7, 11) is 0. The lowest BCUT2D eigenvalue weighted by molar-refractivity contribution is -0.127. The van der Waals surface area contributed by atoms with E-state index in [1.54, 1.807) is 17.0 Å². The largest absolute Gasteiger partial charge is 0.493 e. The van der Waals surface area contributed by atoms with Gasteiger partial charge in [0.25, 0.3) is 0 Å². The molecular formula is C20H19ClN2O3. The summed E-state index contributed by atoms with van der Waals surface area (Å²) < 4.78 is 5.64. The highest BCUT2D eigenvalue weighted by Crippen LogP contribution is 2.34. The van der Waals surface area contributed by atoms with E-state index in [0.29, 0.717) is 23.9 Å². The first-order valence-corrected chi connectivity index (χ1v) is 9.08. The Morgan fingerprint density at radius 2 is 1.92 bits per heavy atom. The molecule has 2 aromatic carbocycles. The minimum Gasteiger partial charge on any atom is -0.493 e. The van der Waals surface area contributed by atoms with Crippen molar-refractivity contribution in [2.24, 2.45) is 5.92 Å². The summed E-state index contributed by atoms with van der Waals surface area (Å²) in [5, 5.41) is 3.61. The Labute approximate surface area is 156 Å². The van der Waals surface area contributed by atoms with Crippen LogP contribution in [0.1, 0.15) is 24.4 Å². The van der Waals surface area contributed by atoms with Gasteiger partial charge in [0.15, 0.2) is 0 Å². The molecule has 5 nitrogen and oxygen atoms in total. The second-order valence-corrected chi connectivity index (χ2v) is 7.00. The van der Waals surface area contributed by atoms with E-state index in [4.69, 9.17) is 16.3 Å². The molecule has 2 aromatic rings. The number of halogens is 1. The number of nitrogens with zero attached hydrogens (tertiary/aromatic N) is 1. The standard InChI is InChI=1S/C20H19ClN2O3/c21-15-6-2-3-7-17(15)23-12-13(11-19(23)24)20(25)22-16-9-10-26-18-8-4-1-5-14(16)18/h1-8,13,16H,9-12H2,(H,22,25)/t13-,16+/m1/s1. The number of amides is 2. The van der Waals surface area contributed by atoms with Gasteiger partial charge in [0, 0.05) is 24.9 Å². The molecular weight excluding hydrogens is 352 g/mol. The summed E-state index contributed by atoms with van der Waals surface area (Å²) in [6.07, 6.45) is 0.916. The molecule has 0 spiro atoms. The van der Waals surface area contributed by atoms with Gasteiger partial charge in [-0.3, -0.25) is 9.59 Å². The second kappa shape index (κ2) is 7.00. The average Bonchev–Trinajstić information content (AvgIpc) is 3.04. The first kappa shape index (κ1) is 16.9. The van der Waals surface area contributed by atoms with Gasteiger partial charge in [-0.2, -0.15) is 0 Å². The molecule has 1 saturated heterocycles. The smallest absolute Gasteiger partial charge is 0.227 e. The maximum absolute atomic E-state index is 12.8. The second-order valence-electron chi connectivity index (χ2n) is 6.59. The third-order valence-corrected chi connectivity index (χ3v) is 5.23. The van der Waals surface area contributed by atoms with Gasteiger partial charge in [0.1, 0.15) is 5.75 Å². The van der Waals surface area contributed by atoms with Gasteiger partial charge in [-0.25, -0.2) is 0 Å². The molecule has 6 heteroatoms. The van der Waals surface area contributed by atoms with Crippen molar-refractivity contribution >= 4 is 29.1 Å². The fourth-order valence-electron chi connectivity index (χ4n) is 3.57. The van der Waals surface area contributed by atoms with E-state index in [-0.39, 0.29) is 30.2 Å². The molecule has 4 rings (SSSR count). The maximum Gasteiger partial charge on any atom is 0.227 e. The van der Waals surface area contributed by atoms with Crippen molar-refractivity contribution in [2.45, 2.75) is 18.9 Å². The number of anilines is 1. The number of carbonyl (C=O) groups excluding carboxylic acids is 2. The monoisotopic (exact) mass is 370 g/mol. The van der Waals surface area contributed by atoms with E-state index in [2.05, 4.69) is 5.32 Å². The molecule has 0 bridgehead atoms. The summed E-state index contributed by atoms with van der Waals surface area (Å²) in [6, 6.07) is 14.8. The first-order chi connectivity index (χ1) is 12.6. The summed E-state index contributed by atoms with van der Waals surface area (Å²) >= 11 is 6.20. The number of nitrogens with one attached hydrogen (secondary N) is 1. The highest BCUT2D eigenvalue weighted by Gasteiger charge is 2.37. The highest BCUT2D eigenvalue weighted by atomic mass is 35.5. The Bertz CT molecular complexity index is 854. The lowest BCUT2D eigenvalue weighted by atomic mass is 9.99. The van der Waals surface area contributed by atoms with Crippen LogP contribution in [0.2, 0.25) is 5.02 Å². The fourth-order valence-corrected chi connectivity index (χ4v) is 3.81. The number of fused-ring (bicyclic) bond motifs is 1. The Balaban J connectivity index is 1.47. The average molecular weight is 371 g/mol. The molecule has 134 valence electrons. The minimum absolute atomic E-state index is 0.0781. The van der Waals surface area contributed by atoms with Gasteiger partial charge in [0.2, 0.25) is 11.8 Å². The molecule has 2 aliphatic heterocycles. The summed E-state index contributed by atoms with van der Waals surface area (Å²) in [5.41, 5.74) is 1.64. The molecule has 26 heavy (non-hydrogen) atoms. The normalized spacial score (nSPS) is 21.9. The zero-order valence-electron chi connectivity index (χ0n) is 14.2. The molecule has 2 amide bonds. The van der Waals surface area contributed by atoms with Crippen molar-refractivity contribution in [1.29, 1.82) is 0 Å². The quantitative estimate of drug-likeness (QED) is 0.901. The predicted molar refractivity (Wildman–Crippen MR) is 99.3 cm³/mol. The van der Waals surface area contributed by atoms with Crippen LogP contribution in [0, 0.1) is 5.92 Å². The molecule has 0 aliphatic carbocycles. The van der Waals surface area contributed by atoms with E-state index in [1.807, 2.05) is 36.4 Å². The Morgan fingerprint density at radius 3 is 2.77 bits per heavy atom.